The zero-order chi connectivity index (χ0) is 55.4. The van der Waals surface area contributed by atoms with E-state index in [1.807, 2.05) is 0 Å². The molecule has 0 radical (unpaired) electrons. The highest BCUT2D eigenvalue weighted by atomic mass is 79.9. The van der Waals surface area contributed by atoms with Gasteiger partial charge >= 0.3 is 13.7 Å². The van der Waals surface area contributed by atoms with E-state index in [9.17, 15) is 0 Å². The lowest BCUT2D eigenvalue weighted by molar-refractivity contribution is 0.642. The number of hydrogen-bond acceptors (Lipinski definition) is 3. The second-order valence-electron chi connectivity index (χ2n) is 20.8. The maximum atomic E-state index is 6.77. The minimum absolute atomic E-state index is 0.386. The Labute approximate surface area is 499 Å². The van der Waals surface area contributed by atoms with Gasteiger partial charge in [0.15, 0.2) is 0 Å². The van der Waals surface area contributed by atoms with Crippen LogP contribution in [0, 0.1) is 6.92 Å². The first-order valence-electron chi connectivity index (χ1n) is 27.9. The molecule has 7 heteroatoms. The van der Waals surface area contributed by atoms with Crippen molar-refractivity contribution in [2.45, 2.75) is 12.5 Å². The van der Waals surface area contributed by atoms with Crippen LogP contribution in [0.1, 0.15) is 50.1 Å². The van der Waals surface area contributed by atoms with Gasteiger partial charge in [0.2, 0.25) is 0 Å². The van der Waals surface area contributed by atoms with Crippen molar-refractivity contribution in [1.82, 2.24) is 4.92 Å². The number of rotatable bonds is 13. The van der Waals surface area contributed by atoms with Crippen molar-refractivity contribution in [3.05, 3.63) is 374 Å². The number of hydrogen-bond donors (Lipinski definition) is 0. The van der Waals surface area contributed by atoms with E-state index in [1.54, 1.807) is 0 Å². The van der Waals surface area contributed by atoms with E-state index in [-0.39, 0.29) is 6.85 Å². The molecule has 3 nitrogen and oxygen atoms in total. The minimum atomic E-state index is -1.23. The van der Waals surface area contributed by atoms with Gasteiger partial charge in [-0.2, -0.15) is 5.10 Å². The number of nitrogens with zero attached hydrogens (tertiary/aromatic N) is 3. The maximum absolute atomic E-state index is 6.77. The van der Waals surface area contributed by atoms with Gasteiger partial charge in [0.05, 0.1) is 11.4 Å². The summed E-state index contributed by atoms with van der Waals surface area (Å²) in [6, 6.07) is 115. The molecular weight excluding hydrogens is 1120 g/mol. The standard InChI is InChI=1S/C75H55B2Br2N3/c1-54-52-65(78)73(66(79)53-54)81-75(62-46-26-9-27-47-62,69(57-36-16-4-17-37-57)71(59-40-20-6-21-41-59)76(81)63-48-28-10-29-49-63)74(61-44-24-8-25-45-61)80-82-72(60-42-22-7-23-43-60)68(56-34-14-3-15-35-56)67(55-32-12-2-13-33-55)70(58-38-18-5-19-39-58)77(82)64-50-30-11-31-51-64/h2-53H,1H3/b80-74+. The maximum Gasteiger partial charge on any atom is 0.350 e. The van der Waals surface area contributed by atoms with E-state index in [2.05, 4.69) is 364 Å². The summed E-state index contributed by atoms with van der Waals surface area (Å²) in [7, 11) is 0. The van der Waals surface area contributed by atoms with Gasteiger partial charge < -0.3 is 4.81 Å². The molecule has 13 rings (SSSR count). The van der Waals surface area contributed by atoms with Crippen LogP contribution in [0.2, 0.25) is 0 Å². The minimum Gasteiger partial charge on any atom is -0.387 e. The Hall–Kier alpha value is -9.00. The summed E-state index contributed by atoms with van der Waals surface area (Å²) >= 11 is 8.62. The molecule has 0 saturated carbocycles. The molecule has 0 saturated heterocycles. The Morgan fingerprint density at radius 3 is 1.22 bits per heavy atom. The third-order valence-electron chi connectivity index (χ3n) is 15.9. The highest BCUT2D eigenvalue weighted by Gasteiger charge is 2.60. The quantitative estimate of drug-likeness (QED) is 0.0846. The summed E-state index contributed by atoms with van der Waals surface area (Å²) in [5.74, 6) is 0. The topological polar surface area (TPSA) is 18.8 Å². The zero-order valence-corrected chi connectivity index (χ0v) is 48.4. The normalized spacial score (nSPS) is 15.6. The number of hydrazone groups is 1. The molecule has 0 fully saturated rings. The van der Waals surface area contributed by atoms with E-state index in [0.29, 0.717) is 0 Å². The summed E-state index contributed by atoms with van der Waals surface area (Å²) in [5, 5.41) is 6.77. The smallest absolute Gasteiger partial charge is 0.350 e. The summed E-state index contributed by atoms with van der Waals surface area (Å²) in [4.78, 5) is 5.10. The first-order valence-corrected chi connectivity index (χ1v) is 29.5. The van der Waals surface area contributed by atoms with Crippen LogP contribution in [0.5, 0.6) is 0 Å². The van der Waals surface area contributed by atoms with Crippen LogP contribution in [0.4, 0.5) is 5.69 Å². The molecule has 0 amide bonds. The SMILES string of the molecule is Cc1cc(Br)c(N2B(c3ccccc3)C(c3ccccc3)=C(c3ccccc3)C2(/C(=N/N2B(c3ccccc3)C(c3ccccc3)=C(c3ccccc3)C(c3ccccc3)=C2c2ccccc2)c2ccccc2)c2ccccc2)c(Br)c1. The van der Waals surface area contributed by atoms with Gasteiger partial charge in [0.25, 0.3) is 0 Å². The molecule has 2 aliphatic rings. The summed E-state index contributed by atoms with van der Waals surface area (Å²) in [6.07, 6.45) is 0. The van der Waals surface area contributed by atoms with Crippen LogP contribution in [-0.4, -0.2) is 24.3 Å². The Bertz CT molecular complexity index is 4130. The number of benzene rings is 11. The lowest BCUT2D eigenvalue weighted by atomic mass is 9.44. The van der Waals surface area contributed by atoms with E-state index >= 15 is 0 Å². The molecule has 1 atom stereocenters. The van der Waals surface area contributed by atoms with Crippen molar-refractivity contribution in [3.63, 3.8) is 0 Å². The largest absolute Gasteiger partial charge is 0.387 e. The first kappa shape index (κ1) is 52.4. The summed E-state index contributed by atoms with van der Waals surface area (Å²) in [5.41, 5.74) is 19.1. The highest BCUT2D eigenvalue weighted by Crippen LogP contribution is 2.59. The Morgan fingerprint density at radius 1 is 0.378 bits per heavy atom. The van der Waals surface area contributed by atoms with Gasteiger partial charge in [-0.1, -0.05) is 309 Å². The van der Waals surface area contributed by atoms with Crippen LogP contribution in [0.25, 0.3) is 33.4 Å². The van der Waals surface area contributed by atoms with Crippen LogP contribution < -0.4 is 15.7 Å². The van der Waals surface area contributed by atoms with Crippen LogP contribution in [-0.2, 0) is 5.54 Å². The van der Waals surface area contributed by atoms with Crippen molar-refractivity contribution < 1.29 is 0 Å². The molecule has 11 aromatic rings. The van der Waals surface area contributed by atoms with Crippen molar-refractivity contribution in [2.75, 3.05) is 4.81 Å². The molecule has 2 heterocycles. The number of allylic oxidation sites excluding steroid dienone is 2. The van der Waals surface area contributed by atoms with Crippen molar-refractivity contribution in [3.8, 4) is 0 Å². The number of halogens is 2. The molecule has 1 unspecified atom stereocenters. The summed E-state index contributed by atoms with van der Waals surface area (Å²) in [6.45, 7) is 1.29. The van der Waals surface area contributed by atoms with Gasteiger partial charge in [0, 0.05) is 20.1 Å². The third kappa shape index (κ3) is 9.54. The predicted molar refractivity (Wildman–Crippen MR) is 355 cm³/mol. The predicted octanol–water partition coefficient (Wildman–Crippen LogP) is 17.6. The Balaban J connectivity index is 1.30. The van der Waals surface area contributed by atoms with Gasteiger partial charge in [-0.25, -0.2) is 0 Å². The Morgan fingerprint density at radius 2 is 0.744 bits per heavy atom. The number of anilines is 1. The molecule has 82 heavy (non-hydrogen) atoms. The van der Waals surface area contributed by atoms with Crippen LogP contribution >= 0.6 is 31.9 Å². The molecule has 0 bridgehead atoms. The summed E-state index contributed by atoms with van der Waals surface area (Å²) < 4.78 is 1.90. The van der Waals surface area contributed by atoms with Gasteiger partial charge in [-0.05, 0) is 123 Å². The fourth-order valence-corrected chi connectivity index (χ4v) is 14.4. The van der Waals surface area contributed by atoms with E-state index in [0.717, 1.165) is 109 Å². The van der Waals surface area contributed by atoms with Crippen molar-refractivity contribution in [1.29, 1.82) is 0 Å². The fourth-order valence-electron chi connectivity index (χ4n) is 12.6. The number of aryl methyl sites for hydroxylation is 1. The Kier molecular flexibility index (Phi) is 14.8. The van der Waals surface area contributed by atoms with Crippen LogP contribution in [0.3, 0.4) is 0 Å². The van der Waals surface area contributed by atoms with Crippen molar-refractivity contribution >= 4 is 101 Å². The van der Waals surface area contributed by atoms with Crippen LogP contribution in [0.15, 0.2) is 329 Å². The average molecular weight is 1180 g/mol. The van der Waals surface area contributed by atoms with Gasteiger partial charge in [-0.15, -0.1) is 0 Å². The lowest BCUT2D eigenvalue weighted by Gasteiger charge is -2.48. The monoisotopic (exact) mass is 1180 g/mol. The van der Waals surface area contributed by atoms with Gasteiger partial charge in [-0.3, -0.25) is 4.92 Å². The molecule has 0 aliphatic carbocycles. The second-order valence-corrected chi connectivity index (χ2v) is 22.5. The van der Waals surface area contributed by atoms with E-state index in [1.165, 1.54) is 5.47 Å². The molecule has 0 aromatic heterocycles. The van der Waals surface area contributed by atoms with E-state index in [4.69, 9.17) is 5.10 Å². The average Bonchev–Trinajstić information content (AvgIpc) is 2.49. The molecule has 0 spiro atoms. The second kappa shape index (κ2) is 23.2. The van der Waals surface area contributed by atoms with Crippen molar-refractivity contribution in [2.24, 2.45) is 5.10 Å². The van der Waals surface area contributed by atoms with E-state index < -0.39 is 12.4 Å². The molecule has 390 valence electrons. The molecular formula is C75H55B2Br2N3. The third-order valence-corrected chi connectivity index (χ3v) is 17.1. The van der Waals surface area contributed by atoms with Gasteiger partial charge in [0.1, 0.15) is 11.3 Å². The molecule has 0 N–H and O–H groups in total. The molecule has 2 aliphatic heterocycles. The lowest BCUT2D eigenvalue weighted by Crippen LogP contribution is -2.59. The fraction of sp³-hybridized carbons (Fsp3) is 0.0267. The first-order chi connectivity index (χ1) is 40.5. The molecule has 11 aromatic carbocycles. The zero-order valence-electron chi connectivity index (χ0n) is 45.3. The highest BCUT2D eigenvalue weighted by molar-refractivity contribution is 9.11.